The first kappa shape index (κ1) is 13.9. The number of carbonyl (C=O) groups is 2. The van der Waals surface area contributed by atoms with Crippen LogP contribution in [0.5, 0.6) is 0 Å². The van der Waals surface area contributed by atoms with Crippen LogP contribution < -0.4 is 5.43 Å². The SMILES string of the molecule is CCCCC(=O)N/N=C\c1ccc(C(=O)O)cc1. The van der Waals surface area contributed by atoms with Crippen LogP contribution in [0.3, 0.4) is 0 Å². The van der Waals surface area contributed by atoms with Gasteiger partial charge in [-0.05, 0) is 24.1 Å². The van der Waals surface area contributed by atoms with Gasteiger partial charge in [0, 0.05) is 6.42 Å². The van der Waals surface area contributed by atoms with Crippen LogP contribution in [0.15, 0.2) is 29.4 Å². The predicted octanol–water partition coefficient (Wildman–Crippen LogP) is 2.03. The van der Waals surface area contributed by atoms with Gasteiger partial charge in [-0.3, -0.25) is 4.79 Å². The second kappa shape index (κ2) is 7.21. The van der Waals surface area contributed by atoms with Crippen molar-refractivity contribution in [1.29, 1.82) is 0 Å². The first-order valence-corrected chi connectivity index (χ1v) is 5.78. The molecule has 0 saturated carbocycles. The Morgan fingerprint density at radius 1 is 1.33 bits per heavy atom. The van der Waals surface area contributed by atoms with Crippen LogP contribution in [0.4, 0.5) is 0 Å². The zero-order valence-electron chi connectivity index (χ0n) is 10.2. The lowest BCUT2D eigenvalue weighted by atomic mass is 10.1. The fraction of sp³-hybridized carbons (Fsp3) is 0.308. The van der Waals surface area contributed by atoms with Crippen molar-refractivity contribution in [2.24, 2.45) is 5.10 Å². The van der Waals surface area contributed by atoms with Crippen LogP contribution >= 0.6 is 0 Å². The van der Waals surface area contributed by atoms with Gasteiger partial charge in [0.05, 0.1) is 11.8 Å². The van der Waals surface area contributed by atoms with Crippen molar-refractivity contribution in [1.82, 2.24) is 5.43 Å². The van der Waals surface area contributed by atoms with Crippen molar-refractivity contribution in [3.8, 4) is 0 Å². The van der Waals surface area contributed by atoms with E-state index in [-0.39, 0.29) is 11.5 Å². The lowest BCUT2D eigenvalue weighted by molar-refractivity contribution is -0.121. The molecule has 96 valence electrons. The molecule has 1 rings (SSSR count). The van der Waals surface area contributed by atoms with Crippen molar-refractivity contribution in [3.63, 3.8) is 0 Å². The smallest absolute Gasteiger partial charge is 0.335 e. The number of nitrogens with zero attached hydrogens (tertiary/aromatic N) is 1. The Labute approximate surface area is 106 Å². The van der Waals surface area contributed by atoms with E-state index in [1.807, 2.05) is 6.92 Å². The Hall–Kier alpha value is -2.17. The third-order valence-corrected chi connectivity index (χ3v) is 2.32. The van der Waals surface area contributed by atoms with E-state index in [4.69, 9.17) is 5.11 Å². The Morgan fingerprint density at radius 2 is 2.00 bits per heavy atom. The molecule has 0 spiro atoms. The van der Waals surface area contributed by atoms with E-state index in [1.165, 1.54) is 18.3 Å². The molecule has 5 heteroatoms. The van der Waals surface area contributed by atoms with Gasteiger partial charge >= 0.3 is 5.97 Å². The molecule has 0 bridgehead atoms. The molecule has 0 atom stereocenters. The molecule has 0 fully saturated rings. The van der Waals surface area contributed by atoms with Crippen LogP contribution in [-0.4, -0.2) is 23.2 Å². The lowest BCUT2D eigenvalue weighted by Crippen LogP contribution is -2.16. The number of rotatable bonds is 6. The van der Waals surface area contributed by atoms with Crippen LogP contribution in [0.25, 0.3) is 0 Å². The van der Waals surface area contributed by atoms with E-state index >= 15 is 0 Å². The van der Waals surface area contributed by atoms with Crippen LogP contribution in [0.1, 0.15) is 42.1 Å². The maximum Gasteiger partial charge on any atom is 0.335 e. The largest absolute Gasteiger partial charge is 0.478 e. The molecule has 0 radical (unpaired) electrons. The van der Waals surface area contributed by atoms with E-state index in [0.717, 1.165) is 18.4 Å². The number of carbonyl (C=O) groups excluding carboxylic acids is 1. The zero-order valence-corrected chi connectivity index (χ0v) is 10.2. The van der Waals surface area contributed by atoms with Crippen molar-refractivity contribution in [2.45, 2.75) is 26.2 Å². The average Bonchev–Trinajstić information content (AvgIpc) is 2.37. The van der Waals surface area contributed by atoms with Gasteiger partial charge in [0.2, 0.25) is 5.91 Å². The molecule has 2 N–H and O–H groups in total. The van der Waals surface area contributed by atoms with Crippen LogP contribution in [0, 0.1) is 0 Å². The maximum absolute atomic E-state index is 11.2. The fourth-order valence-corrected chi connectivity index (χ4v) is 1.28. The number of hydrogen-bond donors (Lipinski definition) is 2. The minimum Gasteiger partial charge on any atom is -0.478 e. The van der Waals surface area contributed by atoms with Gasteiger partial charge in [-0.15, -0.1) is 0 Å². The van der Waals surface area contributed by atoms with Crippen molar-refractivity contribution in [3.05, 3.63) is 35.4 Å². The van der Waals surface area contributed by atoms with Gasteiger partial charge in [-0.1, -0.05) is 25.5 Å². The highest BCUT2D eigenvalue weighted by atomic mass is 16.4. The minimum absolute atomic E-state index is 0.116. The molecule has 1 amide bonds. The molecule has 0 aliphatic heterocycles. The molecule has 0 aromatic heterocycles. The number of amides is 1. The number of hydrazone groups is 1. The first-order valence-electron chi connectivity index (χ1n) is 5.78. The molecule has 0 heterocycles. The third kappa shape index (κ3) is 4.78. The summed E-state index contributed by atoms with van der Waals surface area (Å²) in [6.07, 6.45) is 3.75. The molecule has 1 aromatic rings. The summed E-state index contributed by atoms with van der Waals surface area (Å²) in [6.45, 7) is 2.01. The van der Waals surface area contributed by atoms with Gasteiger partial charge in [-0.2, -0.15) is 5.10 Å². The Kier molecular flexibility index (Phi) is 5.57. The van der Waals surface area contributed by atoms with Crippen LogP contribution in [0.2, 0.25) is 0 Å². The van der Waals surface area contributed by atoms with Crippen molar-refractivity contribution < 1.29 is 14.7 Å². The van der Waals surface area contributed by atoms with E-state index in [1.54, 1.807) is 12.1 Å². The summed E-state index contributed by atoms with van der Waals surface area (Å²) in [5.41, 5.74) is 3.37. The molecule has 0 aliphatic rings. The van der Waals surface area contributed by atoms with Gasteiger partial charge < -0.3 is 5.11 Å². The lowest BCUT2D eigenvalue weighted by Gasteiger charge is -1.98. The van der Waals surface area contributed by atoms with E-state index in [9.17, 15) is 9.59 Å². The molecular formula is C13H16N2O3. The second-order valence-electron chi connectivity index (χ2n) is 3.82. The molecule has 0 saturated heterocycles. The summed E-state index contributed by atoms with van der Waals surface area (Å²) in [6, 6.07) is 6.24. The van der Waals surface area contributed by atoms with Gasteiger partial charge in [0.25, 0.3) is 0 Å². The highest BCUT2D eigenvalue weighted by Crippen LogP contribution is 2.02. The molecule has 1 aromatic carbocycles. The third-order valence-electron chi connectivity index (χ3n) is 2.32. The number of carboxylic acid groups (broad SMARTS) is 1. The number of nitrogens with one attached hydrogen (secondary N) is 1. The van der Waals surface area contributed by atoms with E-state index in [0.29, 0.717) is 6.42 Å². The van der Waals surface area contributed by atoms with Gasteiger partial charge in [-0.25, -0.2) is 10.2 Å². The van der Waals surface area contributed by atoms with Crippen molar-refractivity contribution >= 4 is 18.1 Å². The van der Waals surface area contributed by atoms with E-state index < -0.39 is 5.97 Å². The standard InChI is InChI=1S/C13H16N2O3/c1-2-3-4-12(16)15-14-9-10-5-7-11(8-6-10)13(17)18/h5-9H,2-4H2,1H3,(H,15,16)(H,17,18)/b14-9-. The average molecular weight is 248 g/mol. The van der Waals surface area contributed by atoms with Crippen LogP contribution in [-0.2, 0) is 4.79 Å². The summed E-state index contributed by atoms with van der Waals surface area (Å²) in [4.78, 5) is 21.9. The molecule has 0 unspecified atom stereocenters. The summed E-state index contributed by atoms with van der Waals surface area (Å²) in [5.74, 6) is -1.08. The van der Waals surface area contributed by atoms with Gasteiger partial charge in [0.15, 0.2) is 0 Å². The second-order valence-corrected chi connectivity index (χ2v) is 3.82. The first-order chi connectivity index (χ1) is 8.63. The monoisotopic (exact) mass is 248 g/mol. The summed E-state index contributed by atoms with van der Waals surface area (Å²) < 4.78 is 0. The number of carboxylic acids is 1. The maximum atomic E-state index is 11.2. The molecule has 5 nitrogen and oxygen atoms in total. The Balaban J connectivity index is 2.47. The quantitative estimate of drug-likeness (QED) is 0.597. The summed E-state index contributed by atoms with van der Waals surface area (Å²) >= 11 is 0. The predicted molar refractivity (Wildman–Crippen MR) is 68.7 cm³/mol. The molecule has 0 aliphatic carbocycles. The highest BCUT2D eigenvalue weighted by Gasteiger charge is 2.00. The normalized spacial score (nSPS) is 10.5. The topological polar surface area (TPSA) is 78.8 Å². The summed E-state index contributed by atoms with van der Waals surface area (Å²) in [7, 11) is 0. The zero-order chi connectivity index (χ0) is 13.4. The van der Waals surface area contributed by atoms with Crippen molar-refractivity contribution in [2.75, 3.05) is 0 Å². The Morgan fingerprint density at radius 3 is 2.56 bits per heavy atom. The number of unbranched alkanes of at least 4 members (excludes halogenated alkanes) is 1. The number of benzene rings is 1. The summed E-state index contributed by atoms with van der Waals surface area (Å²) in [5, 5.41) is 12.5. The van der Waals surface area contributed by atoms with Gasteiger partial charge in [0.1, 0.15) is 0 Å². The van der Waals surface area contributed by atoms with E-state index in [2.05, 4.69) is 10.5 Å². The number of hydrogen-bond acceptors (Lipinski definition) is 3. The Bertz CT molecular complexity index is 438. The molecular weight excluding hydrogens is 232 g/mol. The fourth-order valence-electron chi connectivity index (χ4n) is 1.28. The minimum atomic E-state index is -0.966. The molecule has 18 heavy (non-hydrogen) atoms. The highest BCUT2D eigenvalue weighted by molar-refractivity contribution is 5.89. The number of aromatic carboxylic acids is 1.